The van der Waals surface area contributed by atoms with Crippen LogP contribution in [-0.2, 0) is 5.41 Å². The molecule has 1 heterocycles. The fourth-order valence-corrected chi connectivity index (χ4v) is 3.41. The van der Waals surface area contributed by atoms with Crippen molar-refractivity contribution in [1.82, 2.24) is 5.32 Å². The van der Waals surface area contributed by atoms with E-state index in [1.807, 2.05) is 12.1 Å². The molecule has 0 bridgehead atoms. The highest BCUT2D eigenvalue weighted by atomic mass is 16.5. The van der Waals surface area contributed by atoms with Gasteiger partial charge in [0.25, 0.3) is 0 Å². The maximum atomic E-state index is 10.0. The summed E-state index contributed by atoms with van der Waals surface area (Å²) < 4.78 is 5.95. The van der Waals surface area contributed by atoms with Gasteiger partial charge in [-0.15, -0.1) is 0 Å². The molecule has 3 rings (SSSR count). The van der Waals surface area contributed by atoms with Gasteiger partial charge in [0.05, 0.1) is 17.6 Å². The van der Waals surface area contributed by atoms with E-state index in [0.29, 0.717) is 5.75 Å². The molecule has 2 aliphatic rings. The second-order valence-corrected chi connectivity index (χ2v) is 6.15. The van der Waals surface area contributed by atoms with Gasteiger partial charge in [-0.3, -0.25) is 0 Å². The summed E-state index contributed by atoms with van der Waals surface area (Å²) in [7, 11) is 0. The van der Waals surface area contributed by atoms with Crippen LogP contribution in [0.15, 0.2) is 18.2 Å². The van der Waals surface area contributed by atoms with Crippen molar-refractivity contribution in [2.75, 3.05) is 13.1 Å². The summed E-state index contributed by atoms with van der Waals surface area (Å²) in [6, 6.07) is 7.91. The van der Waals surface area contributed by atoms with Crippen LogP contribution in [0.4, 0.5) is 0 Å². The number of phenolic OH excluding ortho intramolecular Hbond substituents is 1. The van der Waals surface area contributed by atoms with Crippen LogP contribution in [0.1, 0.15) is 44.1 Å². The van der Waals surface area contributed by atoms with Crippen molar-refractivity contribution in [3.63, 3.8) is 0 Å². The summed E-state index contributed by atoms with van der Waals surface area (Å²) in [5.74, 6) is 0.709. The Labute approximate surface area is 125 Å². The molecule has 1 aliphatic carbocycles. The van der Waals surface area contributed by atoms with Crippen LogP contribution >= 0.6 is 0 Å². The first-order valence-electron chi connectivity index (χ1n) is 7.86. The van der Waals surface area contributed by atoms with Crippen LogP contribution < -0.4 is 10.1 Å². The topological polar surface area (TPSA) is 65.3 Å². The maximum Gasteiger partial charge on any atom is 0.161 e. The van der Waals surface area contributed by atoms with E-state index in [-0.39, 0.29) is 11.9 Å². The largest absolute Gasteiger partial charge is 0.504 e. The highest BCUT2D eigenvalue weighted by Gasteiger charge is 2.34. The Morgan fingerprint density at radius 2 is 1.95 bits per heavy atom. The summed E-state index contributed by atoms with van der Waals surface area (Å²) in [6.07, 6.45) is 6.30. The molecule has 0 radical (unpaired) electrons. The molecule has 112 valence electrons. The smallest absolute Gasteiger partial charge is 0.161 e. The molecule has 0 amide bonds. The summed E-state index contributed by atoms with van der Waals surface area (Å²) in [5, 5.41) is 23.0. The minimum Gasteiger partial charge on any atom is -0.504 e. The average molecular weight is 286 g/mol. The number of rotatable bonds is 3. The Balaban J connectivity index is 1.87. The summed E-state index contributed by atoms with van der Waals surface area (Å²) in [6.45, 7) is 1.71. The van der Waals surface area contributed by atoms with E-state index in [0.717, 1.165) is 44.3 Å². The molecule has 1 saturated carbocycles. The third kappa shape index (κ3) is 2.84. The Bertz CT molecular complexity index is 538. The maximum absolute atomic E-state index is 10.0. The van der Waals surface area contributed by atoms with Crippen molar-refractivity contribution in [2.24, 2.45) is 0 Å². The van der Waals surface area contributed by atoms with Gasteiger partial charge in [-0.05, 0) is 69.3 Å². The lowest BCUT2D eigenvalue weighted by Gasteiger charge is -2.32. The molecule has 1 aromatic carbocycles. The van der Waals surface area contributed by atoms with E-state index in [9.17, 15) is 10.4 Å². The zero-order valence-electron chi connectivity index (χ0n) is 12.3. The standard InChI is InChI=1S/C17H22N2O2/c18-12-17(7-9-19-10-8-17)13-5-6-15(20)16(11-13)21-14-3-1-2-4-14/h5-6,11,14,19-20H,1-4,7-10H2. The van der Waals surface area contributed by atoms with Crippen molar-refractivity contribution >= 4 is 0 Å². The lowest BCUT2D eigenvalue weighted by molar-refractivity contribution is 0.201. The molecule has 2 N–H and O–H groups in total. The number of ether oxygens (including phenoxy) is 1. The average Bonchev–Trinajstić information content (AvgIpc) is 3.03. The van der Waals surface area contributed by atoms with E-state index in [1.54, 1.807) is 6.07 Å². The highest BCUT2D eigenvalue weighted by Crippen LogP contribution is 2.38. The number of piperidine rings is 1. The van der Waals surface area contributed by atoms with E-state index >= 15 is 0 Å². The van der Waals surface area contributed by atoms with Gasteiger partial charge >= 0.3 is 0 Å². The van der Waals surface area contributed by atoms with E-state index in [2.05, 4.69) is 11.4 Å². The SMILES string of the molecule is N#CC1(c2ccc(O)c(OC3CCCC3)c2)CCNCC1. The molecular formula is C17H22N2O2. The number of nitriles is 1. The molecule has 4 heteroatoms. The van der Waals surface area contributed by atoms with Crippen LogP contribution in [0.25, 0.3) is 0 Å². The fraction of sp³-hybridized carbons (Fsp3) is 0.588. The first-order valence-corrected chi connectivity index (χ1v) is 7.86. The lowest BCUT2D eigenvalue weighted by atomic mass is 9.74. The van der Waals surface area contributed by atoms with Crippen LogP contribution in [0.2, 0.25) is 0 Å². The summed E-state index contributed by atoms with van der Waals surface area (Å²) in [5.41, 5.74) is 0.518. The highest BCUT2D eigenvalue weighted by molar-refractivity contribution is 5.46. The van der Waals surface area contributed by atoms with Crippen molar-refractivity contribution in [2.45, 2.75) is 50.0 Å². The van der Waals surface area contributed by atoms with Crippen LogP contribution in [-0.4, -0.2) is 24.3 Å². The molecule has 0 aromatic heterocycles. The van der Waals surface area contributed by atoms with Gasteiger partial charge in [-0.25, -0.2) is 0 Å². The van der Waals surface area contributed by atoms with Gasteiger partial charge in [-0.2, -0.15) is 5.26 Å². The van der Waals surface area contributed by atoms with Gasteiger partial charge < -0.3 is 15.2 Å². The second kappa shape index (κ2) is 5.95. The van der Waals surface area contributed by atoms with Gasteiger partial charge in [0.15, 0.2) is 11.5 Å². The Hall–Kier alpha value is -1.73. The monoisotopic (exact) mass is 286 g/mol. The van der Waals surface area contributed by atoms with Crippen molar-refractivity contribution in [3.05, 3.63) is 23.8 Å². The van der Waals surface area contributed by atoms with E-state index < -0.39 is 5.41 Å². The summed E-state index contributed by atoms with van der Waals surface area (Å²) >= 11 is 0. The van der Waals surface area contributed by atoms with Crippen LogP contribution in [0.5, 0.6) is 11.5 Å². The normalized spacial score (nSPS) is 21.9. The zero-order chi connectivity index (χ0) is 14.7. The first-order chi connectivity index (χ1) is 10.2. The fourth-order valence-electron chi connectivity index (χ4n) is 3.41. The Morgan fingerprint density at radius 3 is 2.62 bits per heavy atom. The van der Waals surface area contributed by atoms with Crippen LogP contribution in [0.3, 0.4) is 0 Å². The lowest BCUT2D eigenvalue weighted by Crippen LogP contribution is -2.38. The Kier molecular flexibility index (Phi) is 4.03. The molecule has 4 nitrogen and oxygen atoms in total. The van der Waals surface area contributed by atoms with Gasteiger partial charge in [0, 0.05) is 0 Å². The molecular weight excluding hydrogens is 264 g/mol. The minimum absolute atomic E-state index is 0.174. The number of phenols is 1. The number of hydrogen-bond acceptors (Lipinski definition) is 4. The molecule has 1 aromatic rings. The van der Waals surface area contributed by atoms with Crippen molar-refractivity contribution in [3.8, 4) is 17.6 Å². The number of nitrogens with zero attached hydrogens (tertiary/aromatic N) is 1. The van der Waals surface area contributed by atoms with Crippen molar-refractivity contribution < 1.29 is 9.84 Å². The third-order valence-electron chi connectivity index (χ3n) is 4.78. The first kappa shape index (κ1) is 14.2. The quantitative estimate of drug-likeness (QED) is 0.896. The Morgan fingerprint density at radius 1 is 1.24 bits per heavy atom. The third-order valence-corrected chi connectivity index (χ3v) is 4.78. The number of aromatic hydroxyl groups is 1. The molecule has 0 atom stereocenters. The predicted molar refractivity (Wildman–Crippen MR) is 80.4 cm³/mol. The zero-order valence-corrected chi connectivity index (χ0v) is 12.3. The van der Waals surface area contributed by atoms with Gasteiger partial charge in [0.1, 0.15) is 0 Å². The van der Waals surface area contributed by atoms with E-state index in [4.69, 9.17) is 4.74 Å². The molecule has 21 heavy (non-hydrogen) atoms. The molecule has 0 spiro atoms. The number of nitrogens with one attached hydrogen (secondary N) is 1. The van der Waals surface area contributed by atoms with E-state index in [1.165, 1.54) is 12.8 Å². The molecule has 2 fully saturated rings. The van der Waals surface area contributed by atoms with Gasteiger partial charge in [0.2, 0.25) is 0 Å². The van der Waals surface area contributed by atoms with Crippen LogP contribution in [0, 0.1) is 11.3 Å². The van der Waals surface area contributed by atoms with Gasteiger partial charge in [-0.1, -0.05) is 6.07 Å². The minimum atomic E-state index is -0.452. The number of benzene rings is 1. The molecule has 1 aliphatic heterocycles. The summed E-state index contributed by atoms with van der Waals surface area (Å²) in [4.78, 5) is 0. The number of hydrogen-bond donors (Lipinski definition) is 2. The molecule has 0 unspecified atom stereocenters. The van der Waals surface area contributed by atoms with Crippen molar-refractivity contribution in [1.29, 1.82) is 5.26 Å². The molecule has 1 saturated heterocycles. The second-order valence-electron chi connectivity index (χ2n) is 6.15. The predicted octanol–water partition coefficient (Wildman–Crippen LogP) is 2.86.